The van der Waals surface area contributed by atoms with Gasteiger partial charge in [0.2, 0.25) is 10.0 Å². The van der Waals surface area contributed by atoms with Gasteiger partial charge in [-0.15, -0.1) is 0 Å². The van der Waals surface area contributed by atoms with Crippen LogP contribution in [0.5, 0.6) is 5.75 Å². The minimum absolute atomic E-state index is 0.240. The fourth-order valence-electron chi connectivity index (χ4n) is 4.24. The maximum absolute atomic E-state index is 13.2. The molecule has 0 atom stereocenters. The molecule has 1 aliphatic heterocycles. The molecule has 1 saturated heterocycles. The van der Waals surface area contributed by atoms with Crippen molar-refractivity contribution in [2.75, 3.05) is 33.4 Å². The van der Waals surface area contributed by atoms with Crippen LogP contribution >= 0.6 is 12.2 Å². The Hall–Kier alpha value is -2.24. The first-order chi connectivity index (χ1) is 16.0. The zero-order chi connectivity index (χ0) is 23.0. The predicted molar refractivity (Wildman–Crippen MR) is 126 cm³/mol. The summed E-state index contributed by atoms with van der Waals surface area (Å²) in [7, 11) is -1.94. The lowest BCUT2D eigenvalue weighted by molar-refractivity contribution is 0.0730. The van der Waals surface area contributed by atoms with Crippen molar-refractivity contribution in [1.82, 2.24) is 13.8 Å². The minimum Gasteiger partial charge on any atom is -0.496 e. The van der Waals surface area contributed by atoms with E-state index in [2.05, 4.69) is 11.0 Å². The van der Waals surface area contributed by atoms with Gasteiger partial charge in [-0.25, -0.2) is 8.42 Å². The van der Waals surface area contributed by atoms with Gasteiger partial charge in [0.1, 0.15) is 5.75 Å². The summed E-state index contributed by atoms with van der Waals surface area (Å²) in [5.41, 5.74) is 2.36. The van der Waals surface area contributed by atoms with Crippen molar-refractivity contribution in [2.24, 2.45) is 0 Å². The van der Waals surface area contributed by atoms with Gasteiger partial charge >= 0.3 is 0 Å². The molecule has 2 aromatic carbocycles. The molecule has 8 nitrogen and oxygen atoms in total. The summed E-state index contributed by atoms with van der Waals surface area (Å²) < 4.78 is 46.4. The van der Waals surface area contributed by atoms with Crippen molar-refractivity contribution in [3.63, 3.8) is 0 Å². The highest BCUT2D eigenvalue weighted by Gasteiger charge is 2.31. The second-order valence-electron chi connectivity index (χ2n) is 8.37. The normalized spacial score (nSPS) is 17.6. The van der Waals surface area contributed by atoms with E-state index in [9.17, 15) is 8.42 Å². The molecule has 33 heavy (non-hydrogen) atoms. The van der Waals surface area contributed by atoms with Crippen LogP contribution in [0.1, 0.15) is 18.4 Å². The van der Waals surface area contributed by atoms with E-state index in [1.165, 1.54) is 4.31 Å². The largest absolute Gasteiger partial charge is 0.496 e. The fraction of sp³-hybridized carbons (Fsp3) is 0.435. The lowest BCUT2D eigenvalue weighted by atomic mass is 10.2. The Morgan fingerprint density at radius 3 is 2.64 bits per heavy atom. The number of fused-ring (bicyclic) bond motifs is 1. The van der Waals surface area contributed by atoms with Gasteiger partial charge in [-0.05, 0) is 49.3 Å². The number of morpholine rings is 1. The van der Waals surface area contributed by atoms with E-state index in [-0.39, 0.29) is 4.90 Å². The molecule has 3 aromatic rings. The average molecular weight is 490 g/mol. The van der Waals surface area contributed by atoms with Gasteiger partial charge in [0.15, 0.2) is 5.58 Å². The molecule has 0 bridgehead atoms. The Kier molecular flexibility index (Phi) is 6.28. The van der Waals surface area contributed by atoms with Gasteiger partial charge in [-0.3, -0.25) is 9.47 Å². The average Bonchev–Trinajstić information content (AvgIpc) is 3.63. The molecule has 2 aliphatic rings. The third-order valence-electron chi connectivity index (χ3n) is 6.20. The smallest absolute Gasteiger partial charge is 0.270 e. The lowest BCUT2D eigenvalue weighted by Crippen LogP contribution is -2.40. The summed E-state index contributed by atoms with van der Waals surface area (Å²) >= 11 is 5.52. The van der Waals surface area contributed by atoms with Gasteiger partial charge < -0.3 is 13.9 Å². The molecule has 10 heteroatoms. The van der Waals surface area contributed by atoms with Crippen molar-refractivity contribution in [3.8, 4) is 5.75 Å². The number of aromatic nitrogens is 1. The summed E-state index contributed by atoms with van der Waals surface area (Å²) in [6.07, 6.45) is 2.24. The Labute approximate surface area is 198 Å². The number of benzene rings is 2. The standard InChI is InChI=1S/C23H27N3O5S2/c1-29-21-5-3-2-4-17(21)15-24(18-6-7-18)16-26-20-14-19(8-9-22(20)31-23(26)32)33(27,28)25-10-12-30-13-11-25/h2-5,8-9,14,18H,6-7,10-13,15-16H2,1H3. The van der Waals surface area contributed by atoms with Crippen LogP contribution in [0, 0.1) is 4.84 Å². The molecule has 0 spiro atoms. The Bertz CT molecular complexity index is 1310. The van der Waals surface area contributed by atoms with Gasteiger partial charge in [0.25, 0.3) is 4.84 Å². The highest BCUT2D eigenvalue weighted by Crippen LogP contribution is 2.32. The molecule has 2 heterocycles. The Morgan fingerprint density at radius 1 is 1.15 bits per heavy atom. The SMILES string of the molecule is COc1ccccc1CN(Cn1c(=S)oc2ccc(S(=O)(=O)N3CCOCC3)cc21)C1CC1. The van der Waals surface area contributed by atoms with E-state index < -0.39 is 10.0 Å². The number of hydrogen-bond donors (Lipinski definition) is 0. The third-order valence-corrected chi connectivity index (χ3v) is 8.40. The topological polar surface area (TPSA) is 77.2 Å². The molecule has 0 unspecified atom stereocenters. The second-order valence-corrected chi connectivity index (χ2v) is 10.7. The first kappa shape index (κ1) is 22.5. The number of oxazole rings is 1. The first-order valence-corrected chi connectivity index (χ1v) is 12.9. The number of ether oxygens (including phenoxy) is 2. The van der Waals surface area contributed by atoms with E-state index in [1.54, 1.807) is 25.3 Å². The van der Waals surface area contributed by atoms with Crippen LogP contribution in [-0.2, 0) is 28.0 Å². The number of para-hydroxylation sites is 1. The van der Waals surface area contributed by atoms with Crippen molar-refractivity contribution in [3.05, 3.63) is 52.9 Å². The Morgan fingerprint density at radius 2 is 1.91 bits per heavy atom. The molecule has 176 valence electrons. The summed E-state index contributed by atoms with van der Waals surface area (Å²) in [5.74, 6) is 0.850. The molecule has 1 aromatic heterocycles. The molecule has 0 radical (unpaired) electrons. The number of nitrogens with zero attached hydrogens (tertiary/aromatic N) is 3. The van der Waals surface area contributed by atoms with Crippen LogP contribution in [0.3, 0.4) is 0 Å². The van der Waals surface area contributed by atoms with Crippen LogP contribution in [0.4, 0.5) is 0 Å². The molecule has 2 fully saturated rings. The van der Waals surface area contributed by atoms with Crippen LogP contribution in [-0.4, -0.2) is 61.6 Å². The van der Waals surface area contributed by atoms with E-state index >= 15 is 0 Å². The summed E-state index contributed by atoms with van der Waals surface area (Å²) in [6, 6.07) is 13.4. The monoisotopic (exact) mass is 489 g/mol. The highest BCUT2D eigenvalue weighted by molar-refractivity contribution is 7.89. The van der Waals surface area contributed by atoms with Gasteiger partial charge in [0.05, 0.1) is 37.4 Å². The van der Waals surface area contributed by atoms with E-state index in [0.717, 1.165) is 24.2 Å². The van der Waals surface area contributed by atoms with Gasteiger partial charge in [-0.1, -0.05) is 18.2 Å². The van der Waals surface area contributed by atoms with Crippen LogP contribution in [0.15, 0.2) is 51.8 Å². The minimum atomic E-state index is -3.62. The zero-order valence-corrected chi connectivity index (χ0v) is 20.1. The molecule has 0 amide bonds. The fourth-order valence-corrected chi connectivity index (χ4v) is 5.91. The number of sulfonamides is 1. The molecule has 1 aliphatic carbocycles. The number of methoxy groups -OCH3 is 1. The molecule has 0 N–H and O–H groups in total. The Balaban J connectivity index is 1.47. The van der Waals surface area contributed by atoms with Gasteiger partial charge in [0, 0.05) is 31.2 Å². The van der Waals surface area contributed by atoms with Gasteiger partial charge in [-0.2, -0.15) is 4.31 Å². The van der Waals surface area contributed by atoms with Crippen molar-refractivity contribution >= 4 is 33.3 Å². The highest BCUT2D eigenvalue weighted by atomic mass is 32.2. The predicted octanol–water partition coefficient (Wildman–Crippen LogP) is 3.62. The van der Waals surface area contributed by atoms with E-state index in [0.29, 0.717) is 61.5 Å². The zero-order valence-electron chi connectivity index (χ0n) is 18.5. The van der Waals surface area contributed by atoms with Crippen LogP contribution in [0.2, 0.25) is 0 Å². The van der Waals surface area contributed by atoms with E-state index in [1.807, 2.05) is 22.8 Å². The maximum atomic E-state index is 13.2. The van der Waals surface area contributed by atoms with Crippen molar-refractivity contribution in [2.45, 2.75) is 37.0 Å². The number of rotatable bonds is 8. The maximum Gasteiger partial charge on any atom is 0.270 e. The molecular formula is C23H27N3O5S2. The van der Waals surface area contributed by atoms with Crippen molar-refractivity contribution < 1.29 is 22.3 Å². The first-order valence-electron chi connectivity index (χ1n) is 11.0. The van der Waals surface area contributed by atoms with Crippen LogP contribution in [0.25, 0.3) is 11.1 Å². The van der Waals surface area contributed by atoms with Crippen LogP contribution < -0.4 is 4.74 Å². The second kappa shape index (κ2) is 9.19. The summed E-state index contributed by atoms with van der Waals surface area (Å²) in [4.78, 5) is 2.91. The summed E-state index contributed by atoms with van der Waals surface area (Å²) in [6.45, 7) is 2.73. The third kappa shape index (κ3) is 4.58. The van der Waals surface area contributed by atoms with Crippen molar-refractivity contribution in [1.29, 1.82) is 0 Å². The molecular weight excluding hydrogens is 462 g/mol. The number of hydrogen-bond acceptors (Lipinski definition) is 7. The van der Waals surface area contributed by atoms with E-state index in [4.69, 9.17) is 26.1 Å². The quantitative estimate of drug-likeness (QED) is 0.447. The summed E-state index contributed by atoms with van der Waals surface area (Å²) in [5, 5.41) is 0. The lowest BCUT2D eigenvalue weighted by Gasteiger charge is -2.26. The molecule has 1 saturated carbocycles. The molecule has 5 rings (SSSR count).